The summed E-state index contributed by atoms with van der Waals surface area (Å²) in [6.45, 7) is 5.55. The molecule has 0 amide bonds. The van der Waals surface area contributed by atoms with E-state index in [2.05, 4.69) is 29.5 Å². The Hall–Kier alpha value is -1.81. The Bertz CT molecular complexity index is 565. The molecule has 1 aromatic carbocycles. The number of hydrogen-bond acceptors (Lipinski definition) is 4. The summed E-state index contributed by atoms with van der Waals surface area (Å²) in [7, 11) is 0. The number of nitrogens with one attached hydrogen (secondary N) is 1. The SMILES string of the molecule is Cc1cc(CNC2c3ccccc3OCC2C)no1. The van der Waals surface area contributed by atoms with Crippen molar-refractivity contribution in [3.8, 4) is 5.75 Å². The molecule has 2 unspecified atom stereocenters. The van der Waals surface area contributed by atoms with Gasteiger partial charge in [-0.2, -0.15) is 0 Å². The molecular weight excluding hydrogens is 240 g/mol. The lowest BCUT2D eigenvalue weighted by molar-refractivity contribution is 0.187. The highest BCUT2D eigenvalue weighted by Crippen LogP contribution is 2.35. The Balaban J connectivity index is 1.76. The topological polar surface area (TPSA) is 47.3 Å². The van der Waals surface area contributed by atoms with Crippen molar-refractivity contribution in [3.05, 3.63) is 47.3 Å². The van der Waals surface area contributed by atoms with E-state index in [1.165, 1.54) is 5.56 Å². The summed E-state index contributed by atoms with van der Waals surface area (Å²) in [4.78, 5) is 0. The van der Waals surface area contributed by atoms with E-state index in [9.17, 15) is 0 Å². The molecule has 0 fully saturated rings. The number of para-hydroxylation sites is 1. The number of rotatable bonds is 3. The van der Waals surface area contributed by atoms with Crippen LogP contribution in [0.4, 0.5) is 0 Å². The summed E-state index contributed by atoms with van der Waals surface area (Å²) < 4.78 is 10.8. The highest BCUT2D eigenvalue weighted by atomic mass is 16.5. The maximum Gasteiger partial charge on any atom is 0.133 e. The molecule has 2 atom stereocenters. The number of hydrogen-bond donors (Lipinski definition) is 1. The number of nitrogens with zero attached hydrogens (tertiary/aromatic N) is 1. The molecule has 100 valence electrons. The molecule has 2 heterocycles. The van der Waals surface area contributed by atoms with Crippen molar-refractivity contribution in [2.75, 3.05) is 6.61 Å². The van der Waals surface area contributed by atoms with E-state index >= 15 is 0 Å². The van der Waals surface area contributed by atoms with Crippen molar-refractivity contribution in [2.45, 2.75) is 26.4 Å². The molecule has 0 saturated heterocycles. The van der Waals surface area contributed by atoms with Crippen LogP contribution in [0.2, 0.25) is 0 Å². The minimum Gasteiger partial charge on any atom is -0.493 e. The Morgan fingerprint density at radius 3 is 3.00 bits per heavy atom. The standard InChI is InChI=1S/C15H18N2O2/c1-10-9-18-14-6-4-3-5-13(14)15(10)16-8-12-7-11(2)19-17-12/h3-7,10,15-16H,8-9H2,1-2H3. The average molecular weight is 258 g/mol. The van der Waals surface area contributed by atoms with Crippen LogP contribution in [-0.4, -0.2) is 11.8 Å². The number of aryl methyl sites for hydroxylation is 1. The Morgan fingerprint density at radius 2 is 2.21 bits per heavy atom. The molecule has 19 heavy (non-hydrogen) atoms. The van der Waals surface area contributed by atoms with Crippen LogP contribution in [0.5, 0.6) is 5.75 Å². The van der Waals surface area contributed by atoms with Crippen molar-refractivity contribution in [3.63, 3.8) is 0 Å². The third-order valence-corrected chi connectivity index (χ3v) is 3.50. The van der Waals surface area contributed by atoms with Gasteiger partial charge in [0.2, 0.25) is 0 Å². The van der Waals surface area contributed by atoms with Crippen LogP contribution < -0.4 is 10.1 Å². The molecular formula is C15H18N2O2. The summed E-state index contributed by atoms with van der Waals surface area (Å²) in [5.74, 6) is 2.26. The fourth-order valence-electron chi connectivity index (χ4n) is 2.52. The summed E-state index contributed by atoms with van der Waals surface area (Å²) in [6.07, 6.45) is 0. The number of aromatic nitrogens is 1. The first-order valence-electron chi connectivity index (χ1n) is 6.61. The van der Waals surface area contributed by atoms with E-state index in [0.717, 1.165) is 23.8 Å². The van der Waals surface area contributed by atoms with Gasteiger partial charge in [0.15, 0.2) is 0 Å². The zero-order chi connectivity index (χ0) is 13.2. The summed E-state index contributed by atoms with van der Waals surface area (Å²) >= 11 is 0. The van der Waals surface area contributed by atoms with Crippen molar-refractivity contribution in [1.29, 1.82) is 0 Å². The highest BCUT2D eigenvalue weighted by Gasteiger charge is 2.27. The van der Waals surface area contributed by atoms with Gasteiger partial charge in [-0.15, -0.1) is 0 Å². The van der Waals surface area contributed by atoms with Gasteiger partial charge in [0.05, 0.1) is 12.3 Å². The summed E-state index contributed by atoms with van der Waals surface area (Å²) in [6, 6.07) is 10.5. The van der Waals surface area contributed by atoms with Crippen LogP contribution in [0, 0.1) is 12.8 Å². The van der Waals surface area contributed by atoms with E-state index < -0.39 is 0 Å². The van der Waals surface area contributed by atoms with Crippen LogP contribution in [0.3, 0.4) is 0 Å². The minimum atomic E-state index is 0.293. The molecule has 0 radical (unpaired) electrons. The molecule has 1 aliphatic heterocycles. The molecule has 0 spiro atoms. The predicted molar refractivity (Wildman–Crippen MR) is 71.9 cm³/mol. The molecule has 0 bridgehead atoms. The van der Waals surface area contributed by atoms with E-state index in [1.54, 1.807) is 0 Å². The molecule has 1 aliphatic rings. The second-order valence-electron chi connectivity index (χ2n) is 5.11. The van der Waals surface area contributed by atoms with Gasteiger partial charge in [-0.3, -0.25) is 0 Å². The molecule has 0 saturated carbocycles. The third-order valence-electron chi connectivity index (χ3n) is 3.50. The van der Waals surface area contributed by atoms with Crippen LogP contribution in [0.1, 0.15) is 30.0 Å². The van der Waals surface area contributed by atoms with Crippen molar-refractivity contribution < 1.29 is 9.26 Å². The fourth-order valence-corrected chi connectivity index (χ4v) is 2.52. The van der Waals surface area contributed by atoms with Crippen LogP contribution in [0.15, 0.2) is 34.9 Å². The molecule has 2 aromatic rings. The fraction of sp³-hybridized carbons (Fsp3) is 0.400. The van der Waals surface area contributed by atoms with Gasteiger partial charge in [-0.25, -0.2) is 0 Å². The van der Waals surface area contributed by atoms with E-state index in [4.69, 9.17) is 9.26 Å². The lowest BCUT2D eigenvalue weighted by atomic mass is 9.92. The van der Waals surface area contributed by atoms with E-state index in [-0.39, 0.29) is 0 Å². The van der Waals surface area contributed by atoms with Gasteiger partial charge in [-0.1, -0.05) is 30.3 Å². The minimum absolute atomic E-state index is 0.293. The molecule has 4 heteroatoms. The highest BCUT2D eigenvalue weighted by molar-refractivity contribution is 5.37. The van der Waals surface area contributed by atoms with Gasteiger partial charge in [0.25, 0.3) is 0 Å². The van der Waals surface area contributed by atoms with Gasteiger partial charge in [-0.05, 0) is 13.0 Å². The summed E-state index contributed by atoms with van der Waals surface area (Å²) in [5, 5.41) is 7.57. The lowest BCUT2D eigenvalue weighted by Gasteiger charge is -2.32. The molecule has 4 nitrogen and oxygen atoms in total. The Labute approximate surface area is 112 Å². The summed E-state index contributed by atoms with van der Waals surface area (Å²) in [5.41, 5.74) is 2.16. The second-order valence-corrected chi connectivity index (χ2v) is 5.11. The maximum absolute atomic E-state index is 5.75. The second kappa shape index (κ2) is 5.05. The van der Waals surface area contributed by atoms with Crippen LogP contribution in [0.25, 0.3) is 0 Å². The predicted octanol–water partition coefficient (Wildman–Crippen LogP) is 2.84. The number of ether oxygens (including phenoxy) is 1. The van der Waals surface area contributed by atoms with Crippen LogP contribution in [-0.2, 0) is 6.54 Å². The number of fused-ring (bicyclic) bond motifs is 1. The largest absolute Gasteiger partial charge is 0.493 e. The molecule has 1 N–H and O–H groups in total. The maximum atomic E-state index is 5.75. The first kappa shape index (κ1) is 12.2. The van der Waals surface area contributed by atoms with Gasteiger partial charge >= 0.3 is 0 Å². The van der Waals surface area contributed by atoms with Crippen molar-refractivity contribution in [1.82, 2.24) is 10.5 Å². The van der Waals surface area contributed by atoms with Crippen LogP contribution >= 0.6 is 0 Å². The zero-order valence-electron chi connectivity index (χ0n) is 11.2. The van der Waals surface area contributed by atoms with Crippen molar-refractivity contribution >= 4 is 0 Å². The van der Waals surface area contributed by atoms with E-state index in [0.29, 0.717) is 18.5 Å². The number of benzene rings is 1. The first-order chi connectivity index (χ1) is 9.24. The zero-order valence-corrected chi connectivity index (χ0v) is 11.2. The monoisotopic (exact) mass is 258 g/mol. The normalized spacial score (nSPS) is 21.8. The third kappa shape index (κ3) is 2.49. The molecule has 3 rings (SSSR count). The van der Waals surface area contributed by atoms with Gasteiger partial charge in [0.1, 0.15) is 11.5 Å². The average Bonchev–Trinajstić information content (AvgIpc) is 2.83. The Kier molecular flexibility index (Phi) is 3.25. The first-order valence-corrected chi connectivity index (χ1v) is 6.61. The molecule has 1 aromatic heterocycles. The quantitative estimate of drug-likeness (QED) is 0.919. The van der Waals surface area contributed by atoms with Gasteiger partial charge < -0.3 is 14.6 Å². The Morgan fingerprint density at radius 1 is 1.37 bits per heavy atom. The molecule has 0 aliphatic carbocycles. The lowest BCUT2D eigenvalue weighted by Crippen LogP contribution is -2.33. The van der Waals surface area contributed by atoms with Crippen molar-refractivity contribution in [2.24, 2.45) is 5.92 Å². The smallest absolute Gasteiger partial charge is 0.133 e. The van der Waals surface area contributed by atoms with E-state index in [1.807, 2.05) is 25.1 Å². The van der Waals surface area contributed by atoms with Gasteiger partial charge in [0, 0.05) is 30.1 Å².